The summed E-state index contributed by atoms with van der Waals surface area (Å²) in [5, 5.41) is 3.01. The van der Waals surface area contributed by atoms with Crippen molar-refractivity contribution in [2.45, 2.75) is 6.42 Å². The summed E-state index contributed by atoms with van der Waals surface area (Å²) >= 11 is 0. The third kappa shape index (κ3) is 4.48. The topological polar surface area (TPSA) is 70.6 Å². The van der Waals surface area contributed by atoms with Crippen LogP contribution in [0.15, 0.2) is 48.3 Å². The molecule has 0 radical (unpaired) electrons. The lowest BCUT2D eigenvalue weighted by Crippen LogP contribution is -2.47. The number of amides is 1. The number of ether oxygens (including phenoxy) is 1. The minimum absolute atomic E-state index is 0.0412. The summed E-state index contributed by atoms with van der Waals surface area (Å²) < 4.78 is 5.65. The van der Waals surface area contributed by atoms with E-state index in [0.29, 0.717) is 18.7 Å². The van der Waals surface area contributed by atoms with Gasteiger partial charge in [-0.1, -0.05) is 18.2 Å². The zero-order chi connectivity index (χ0) is 19.2. The highest BCUT2D eigenvalue weighted by Gasteiger charge is 2.19. The molecule has 0 bridgehead atoms. The fraction of sp³-hybridized carbons (Fsp3) is 0.381. The third-order valence-electron chi connectivity index (χ3n) is 5.07. The van der Waals surface area contributed by atoms with Crippen LogP contribution in [0, 0.1) is 0 Å². The molecule has 4 rings (SSSR count). The number of nitrogens with one attached hydrogen (secondary N) is 1. The summed E-state index contributed by atoms with van der Waals surface area (Å²) in [5.74, 6) is 1.60. The summed E-state index contributed by atoms with van der Waals surface area (Å²) in [6, 6.07) is 9.60. The quantitative estimate of drug-likeness (QED) is 0.769. The van der Waals surface area contributed by atoms with Gasteiger partial charge in [-0.3, -0.25) is 9.69 Å². The molecule has 0 spiro atoms. The Balaban J connectivity index is 1.17. The molecule has 2 aromatic rings. The van der Waals surface area contributed by atoms with Gasteiger partial charge in [0.1, 0.15) is 12.4 Å². The van der Waals surface area contributed by atoms with Gasteiger partial charge in [0.15, 0.2) is 0 Å². The molecule has 7 heteroatoms. The number of hydrogen-bond acceptors (Lipinski definition) is 6. The van der Waals surface area contributed by atoms with Crippen LogP contribution in [0.3, 0.4) is 0 Å². The molecule has 2 aliphatic heterocycles. The standard InChI is InChI=1S/C21H25N5O2/c27-20(18-15-17-5-1-2-6-19(17)28-16-18)22-9-4-10-25-11-13-26(14-12-25)21-23-7-3-8-24-21/h1-3,5-8,15H,4,9-14,16H2,(H,22,27). The molecule has 2 aliphatic rings. The first-order chi connectivity index (χ1) is 13.8. The monoisotopic (exact) mass is 379 g/mol. The van der Waals surface area contributed by atoms with Crippen LogP contribution in [0.1, 0.15) is 12.0 Å². The third-order valence-corrected chi connectivity index (χ3v) is 5.07. The molecule has 146 valence electrons. The van der Waals surface area contributed by atoms with Crippen LogP contribution >= 0.6 is 0 Å². The highest BCUT2D eigenvalue weighted by molar-refractivity contribution is 5.99. The van der Waals surface area contributed by atoms with E-state index in [1.165, 1.54) is 0 Å². The number of carbonyl (C=O) groups excluding carboxylic acids is 1. The Hall–Kier alpha value is -2.93. The van der Waals surface area contributed by atoms with Crippen molar-refractivity contribution in [1.29, 1.82) is 0 Å². The number of nitrogens with zero attached hydrogens (tertiary/aromatic N) is 4. The minimum atomic E-state index is -0.0412. The Kier molecular flexibility index (Phi) is 5.82. The van der Waals surface area contributed by atoms with Crippen LogP contribution in [-0.2, 0) is 4.79 Å². The second-order valence-electron chi connectivity index (χ2n) is 6.98. The van der Waals surface area contributed by atoms with Gasteiger partial charge in [-0.15, -0.1) is 0 Å². The molecule has 1 N–H and O–H groups in total. The molecular formula is C21H25N5O2. The van der Waals surface area contributed by atoms with Crippen LogP contribution in [0.4, 0.5) is 5.95 Å². The second-order valence-corrected chi connectivity index (χ2v) is 6.98. The summed E-state index contributed by atoms with van der Waals surface area (Å²) in [5.41, 5.74) is 1.63. The van der Waals surface area contributed by atoms with Crippen molar-refractivity contribution in [3.8, 4) is 5.75 Å². The van der Waals surface area contributed by atoms with Gasteiger partial charge in [0.25, 0.3) is 5.91 Å². The molecule has 1 aromatic heterocycles. The van der Waals surface area contributed by atoms with E-state index in [1.54, 1.807) is 12.4 Å². The zero-order valence-corrected chi connectivity index (χ0v) is 15.9. The van der Waals surface area contributed by atoms with Gasteiger partial charge in [-0.25, -0.2) is 9.97 Å². The number of carbonyl (C=O) groups is 1. The van der Waals surface area contributed by atoms with E-state index in [9.17, 15) is 4.79 Å². The number of hydrogen-bond donors (Lipinski definition) is 1. The van der Waals surface area contributed by atoms with Gasteiger partial charge in [0, 0.05) is 50.7 Å². The van der Waals surface area contributed by atoms with E-state index in [-0.39, 0.29) is 5.91 Å². The fourth-order valence-electron chi connectivity index (χ4n) is 3.49. The maximum absolute atomic E-state index is 12.4. The minimum Gasteiger partial charge on any atom is -0.488 e. The van der Waals surface area contributed by atoms with Crippen molar-refractivity contribution in [2.75, 3.05) is 50.8 Å². The van der Waals surface area contributed by atoms with Crippen molar-refractivity contribution in [3.05, 3.63) is 53.9 Å². The summed E-state index contributed by atoms with van der Waals surface area (Å²) in [6.45, 7) is 5.80. The Labute approximate surface area is 165 Å². The van der Waals surface area contributed by atoms with E-state index in [4.69, 9.17) is 4.74 Å². The van der Waals surface area contributed by atoms with Gasteiger partial charge in [-0.2, -0.15) is 0 Å². The Morgan fingerprint density at radius 2 is 1.86 bits per heavy atom. The number of piperazine rings is 1. The smallest absolute Gasteiger partial charge is 0.250 e. The number of anilines is 1. The molecule has 3 heterocycles. The van der Waals surface area contributed by atoms with Crippen molar-refractivity contribution in [2.24, 2.45) is 0 Å². The van der Waals surface area contributed by atoms with Gasteiger partial charge in [0.2, 0.25) is 5.95 Å². The van der Waals surface area contributed by atoms with Crippen LogP contribution in [0.5, 0.6) is 5.75 Å². The van der Waals surface area contributed by atoms with Crippen LogP contribution < -0.4 is 15.0 Å². The average molecular weight is 379 g/mol. The SMILES string of the molecule is O=C(NCCCN1CCN(c2ncccn2)CC1)C1=Cc2ccccc2OC1. The van der Waals surface area contributed by atoms with E-state index in [2.05, 4.69) is 25.1 Å². The molecule has 1 aromatic carbocycles. The molecule has 1 fully saturated rings. The largest absolute Gasteiger partial charge is 0.488 e. The first-order valence-electron chi connectivity index (χ1n) is 9.74. The molecule has 0 atom stereocenters. The van der Waals surface area contributed by atoms with Gasteiger partial charge in [0.05, 0.1) is 5.57 Å². The summed E-state index contributed by atoms with van der Waals surface area (Å²) in [4.78, 5) is 25.6. The molecule has 1 saturated heterocycles. The van der Waals surface area contributed by atoms with Gasteiger partial charge in [-0.05, 0) is 31.2 Å². The van der Waals surface area contributed by atoms with Crippen LogP contribution in [0.25, 0.3) is 6.08 Å². The predicted octanol–water partition coefficient (Wildman–Crippen LogP) is 1.58. The highest BCUT2D eigenvalue weighted by atomic mass is 16.5. The Bertz CT molecular complexity index is 832. The summed E-state index contributed by atoms with van der Waals surface area (Å²) in [6.07, 6.45) is 6.41. The van der Waals surface area contributed by atoms with Crippen molar-refractivity contribution in [1.82, 2.24) is 20.2 Å². The van der Waals surface area contributed by atoms with Crippen LogP contribution in [-0.4, -0.2) is 66.7 Å². The predicted molar refractivity (Wildman–Crippen MR) is 108 cm³/mol. The molecule has 1 amide bonds. The number of para-hydroxylation sites is 1. The van der Waals surface area contributed by atoms with Crippen LogP contribution in [0.2, 0.25) is 0 Å². The first-order valence-corrected chi connectivity index (χ1v) is 9.74. The highest BCUT2D eigenvalue weighted by Crippen LogP contribution is 2.25. The molecule has 7 nitrogen and oxygen atoms in total. The van der Waals surface area contributed by atoms with E-state index < -0.39 is 0 Å². The normalized spacial score (nSPS) is 16.7. The van der Waals surface area contributed by atoms with Gasteiger partial charge >= 0.3 is 0 Å². The van der Waals surface area contributed by atoms with Gasteiger partial charge < -0.3 is 15.0 Å². The van der Waals surface area contributed by atoms with Crippen molar-refractivity contribution < 1.29 is 9.53 Å². The van der Waals surface area contributed by atoms with E-state index in [0.717, 1.165) is 56.4 Å². The summed E-state index contributed by atoms with van der Waals surface area (Å²) in [7, 11) is 0. The number of benzene rings is 1. The zero-order valence-electron chi connectivity index (χ0n) is 15.9. The first kappa shape index (κ1) is 18.4. The lowest BCUT2D eigenvalue weighted by molar-refractivity contribution is -0.117. The molecule has 0 saturated carbocycles. The number of aromatic nitrogens is 2. The Morgan fingerprint density at radius 1 is 1.07 bits per heavy atom. The average Bonchev–Trinajstić information content (AvgIpc) is 2.77. The fourth-order valence-corrected chi connectivity index (χ4v) is 3.49. The lowest BCUT2D eigenvalue weighted by Gasteiger charge is -2.34. The lowest BCUT2D eigenvalue weighted by atomic mass is 10.1. The maximum Gasteiger partial charge on any atom is 0.250 e. The molecule has 0 unspecified atom stereocenters. The van der Waals surface area contributed by atoms with E-state index in [1.807, 2.05) is 36.4 Å². The van der Waals surface area contributed by atoms with E-state index >= 15 is 0 Å². The second kappa shape index (κ2) is 8.84. The van der Waals surface area contributed by atoms with Crippen molar-refractivity contribution >= 4 is 17.9 Å². The molecule has 28 heavy (non-hydrogen) atoms. The molecule has 0 aliphatic carbocycles. The maximum atomic E-state index is 12.4. The Morgan fingerprint density at radius 3 is 2.68 bits per heavy atom. The molecular weight excluding hydrogens is 354 g/mol. The number of rotatable bonds is 6. The number of fused-ring (bicyclic) bond motifs is 1. The van der Waals surface area contributed by atoms with Crippen molar-refractivity contribution in [3.63, 3.8) is 0 Å².